The highest BCUT2D eigenvalue weighted by molar-refractivity contribution is 5.81. The van der Waals surface area contributed by atoms with E-state index in [9.17, 15) is 14.7 Å². The molecule has 0 unspecified atom stereocenters. The third kappa shape index (κ3) is 4.67. The maximum Gasteiger partial charge on any atom is 0.407 e. The predicted octanol–water partition coefficient (Wildman–Crippen LogP) is 5.08. The molecule has 0 heterocycles. The number of aliphatic carboxylic acids is 1. The maximum absolute atomic E-state index is 12.4. The molecule has 5 heteroatoms. The van der Waals surface area contributed by atoms with Gasteiger partial charge in [-0.15, -0.1) is 0 Å². The van der Waals surface area contributed by atoms with Gasteiger partial charge in [-0.3, -0.25) is 0 Å². The second kappa shape index (κ2) is 9.30. The fourth-order valence-corrected chi connectivity index (χ4v) is 3.91. The van der Waals surface area contributed by atoms with Gasteiger partial charge in [0.15, 0.2) is 0 Å². The van der Waals surface area contributed by atoms with Crippen molar-refractivity contribution in [2.45, 2.75) is 18.4 Å². The summed E-state index contributed by atoms with van der Waals surface area (Å²) in [6.45, 7) is 0.145. The zero-order valence-electron chi connectivity index (χ0n) is 16.9. The Bertz CT molecular complexity index is 1060. The summed E-state index contributed by atoms with van der Waals surface area (Å²) < 4.78 is 5.45. The SMILES string of the molecule is O=C(N[C@H](C/C=C/c1ccccc1)C(=O)O)OCC1c2ccccc2-c2ccccc21. The lowest BCUT2D eigenvalue weighted by molar-refractivity contribution is -0.139. The molecule has 1 aliphatic carbocycles. The highest BCUT2D eigenvalue weighted by Crippen LogP contribution is 2.44. The molecular formula is C26H23NO4. The van der Waals surface area contributed by atoms with Gasteiger partial charge in [-0.25, -0.2) is 9.59 Å². The molecule has 4 rings (SSSR count). The average Bonchev–Trinajstić information content (AvgIpc) is 3.11. The van der Waals surface area contributed by atoms with Gasteiger partial charge in [0.05, 0.1) is 0 Å². The number of hydrogen-bond acceptors (Lipinski definition) is 3. The van der Waals surface area contributed by atoms with E-state index in [1.54, 1.807) is 6.08 Å². The van der Waals surface area contributed by atoms with Crippen LogP contribution in [0.5, 0.6) is 0 Å². The number of hydrogen-bond donors (Lipinski definition) is 2. The van der Waals surface area contributed by atoms with Gasteiger partial charge < -0.3 is 15.2 Å². The summed E-state index contributed by atoms with van der Waals surface area (Å²) in [5, 5.41) is 11.9. The summed E-state index contributed by atoms with van der Waals surface area (Å²) in [6.07, 6.45) is 2.99. The monoisotopic (exact) mass is 413 g/mol. The van der Waals surface area contributed by atoms with E-state index >= 15 is 0 Å². The minimum absolute atomic E-state index is 0.0700. The Balaban J connectivity index is 1.38. The van der Waals surface area contributed by atoms with Crippen LogP contribution in [-0.4, -0.2) is 29.8 Å². The second-order valence-corrected chi connectivity index (χ2v) is 7.41. The van der Waals surface area contributed by atoms with Crippen molar-refractivity contribution in [1.82, 2.24) is 5.32 Å². The van der Waals surface area contributed by atoms with Crippen LogP contribution >= 0.6 is 0 Å². The molecule has 0 aromatic heterocycles. The van der Waals surface area contributed by atoms with E-state index in [1.807, 2.05) is 72.8 Å². The van der Waals surface area contributed by atoms with Gasteiger partial charge in [0, 0.05) is 5.92 Å². The molecule has 0 saturated heterocycles. The first-order valence-corrected chi connectivity index (χ1v) is 10.2. The van der Waals surface area contributed by atoms with Crippen LogP contribution in [0.15, 0.2) is 84.9 Å². The van der Waals surface area contributed by atoms with Gasteiger partial charge in [0.25, 0.3) is 0 Å². The van der Waals surface area contributed by atoms with Gasteiger partial charge in [-0.05, 0) is 34.2 Å². The molecule has 0 radical (unpaired) electrons. The first-order valence-electron chi connectivity index (χ1n) is 10.2. The van der Waals surface area contributed by atoms with Crippen LogP contribution in [0.4, 0.5) is 4.79 Å². The molecule has 3 aromatic rings. The largest absolute Gasteiger partial charge is 0.480 e. The molecule has 0 aliphatic heterocycles. The fraction of sp³-hybridized carbons (Fsp3) is 0.154. The van der Waals surface area contributed by atoms with Crippen LogP contribution in [0.3, 0.4) is 0 Å². The number of amides is 1. The van der Waals surface area contributed by atoms with Crippen molar-refractivity contribution < 1.29 is 19.4 Å². The van der Waals surface area contributed by atoms with Crippen LogP contribution in [0.1, 0.15) is 29.0 Å². The molecule has 156 valence electrons. The van der Waals surface area contributed by atoms with E-state index in [1.165, 1.54) is 0 Å². The van der Waals surface area contributed by atoms with Gasteiger partial charge in [-0.2, -0.15) is 0 Å². The first-order chi connectivity index (χ1) is 15.1. The minimum Gasteiger partial charge on any atom is -0.480 e. The minimum atomic E-state index is -1.11. The number of ether oxygens (including phenoxy) is 1. The number of rotatable bonds is 7. The van der Waals surface area contributed by atoms with E-state index in [-0.39, 0.29) is 18.9 Å². The molecule has 2 N–H and O–H groups in total. The quantitative estimate of drug-likeness (QED) is 0.566. The number of carbonyl (C=O) groups is 2. The molecule has 0 bridgehead atoms. The molecule has 0 spiro atoms. The van der Waals surface area contributed by atoms with Crippen LogP contribution in [0, 0.1) is 0 Å². The molecule has 0 fully saturated rings. The van der Waals surface area contributed by atoms with E-state index in [0.717, 1.165) is 27.8 Å². The Labute approximate surface area is 181 Å². The van der Waals surface area contributed by atoms with Crippen molar-refractivity contribution in [3.8, 4) is 11.1 Å². The zero-order chi connectivity index (χ0) is 21.6. The smallest absolute Gasteiger partial charge is 0.407 e. The van der Waals surface area contributed by atoms with Crippen molar-refractivity contribution in [3.05, 3.63) is 102 Å². The fourth-order valence-electron chi connectivity index (χ4n) is 3.91. The summed E-state index contributed by atoms with van der Waals surface area (Å²) in [4.78, 5) is 23.9. The van der Waals surface area contributed by atoms with Crippen LogP contribution < -0.4 is 5.32 Å². The topological polar surface area (TPSA) is 75.6 Å². The van der Waals surface area contributed by atoms with Gasteiger partial charge in [0.2, 0.25) is 0 Å². The number of carboxylic acids is 1. The van der Waals surface area contributed by atoms with Crippen molar-refractivity contribution in [3.63, 3.8) is 0 Å². The lowest BCUT2D eigenvalue weighted by Crippen LogP contribution is -2.41. The van der Waals surface area contributed by atoms with Gasteiger partial charge in [-0.1, -0.05) is 91.0 Å². The molecule has 1 aliphatic rings. The van der Waals surface area contributed by atoms with Gasteiger partial charge in [0.1, 0.15) is 12.6 Å². The second-order valence-electron chi connectivity index (χ2n) is 7.41. The number of alkyl carbamates (subject to hydrolysis) is 1. The standard InChI is InChI=1S/C26H23NO4/c28-25(29)24(16-8-11-18-9-2-1-3-10-18)27-26(30)31-17-23-21-14-6-4-12-19(21)20-13-5-7-15-22(20)23/h1-15,23-24H,16-17H2,(H,27,30)(H,28,29)/b11-8+/t24-/m1/s1. The van der Waals surface area contributed by atoms with E-state index in [2.05, 4.69) is 17.4 Å². The summed E-state index contributed by atoms with van der Waals surface area (Å²) in [7, 11) is 0. The van der Waals surface area contributed by atoms with Crippen LogP contribution in [0.2, 0.25) is 0 Å². The number of nitrogens with one attached hydrogen (secondary N) is 1. The zero-order valence-corrected chi connectivity index (χ0v) is 16.9. The predicted molar refractivity (Wildman–Crippen MR) is 120 cm³/mol. The number of carboxylic acid groups (broad SMARTS) is 1. The Morgan fingerprint density at radius 2 is 1.48 bits per heavy atom. The Morgan fingerprint density at radius 1 is 0.903 bits per heavy atom. The summed E-state index contributed by atoms with van der Waals surface area (Å²) in [5.41, 5.74) is 5.46. The van der Waals surface area contributed by atoms with Crippen molar-refractivity contribution in [2.75, 3.05) is 6.61 Å². The first kappa shape index (κ1) is 20.4. The van der Waals surface area contributed by atoms with E-state index in [4.69, 9.17) is 4.74 Å². The van der Waals surface area contributed by atoms with Crippen molar-refractivity contribution in [1.29, 1.82) is 0 Å². The summed E-state index contributed by atoms with van der Waals surface area (Å²) in [5.74, 6) is -1.18. The number of fused-ring (bicyclic) bond motifs is 3. The molecule has 3 aromatic carbocycles. The summed E-state index contributed by atoms with van der Waals surface area (Å²) >= 11 is 0. The summed E-state index contributed by atoms with van der Waals surface area (Å²) in [6, 6.07) is 24.6. The third-order valence-electron chi connectivity index (χ3n) is 5.42. The molecule has 1 atom stereocenters. The lowest BCUT2D eigenvalue weighted by atomic mass is 9.98. The molecule has 0 saturated carbocycles. The maximum atomic E-state index is 12.4. The lowest BCUT2D eigenvalue weighted by Gasteiger charge is -2.16. The van der Waals surface area contributed by atoms with Gasteiger partial charge >= 0.3 is 12.1 Å². The highest BCUT2D eigenvalue weighted by Gasteiger charge is 2.29. The van der Waals surface area contributed by atoms with Crippen molar-refractivity contribution >= 4 is 18.1 Å². The van der Waals surface area contributed by atoms with Crippen LogP contribution in [0.25, 0.3) is 17.2 Å². The number of benzene rings is 3. The highest BCUT2D eigenvalue weighted by atomic mass is 16.5. The molecule has 5 nitrogen and oxygen atoms in total. The van der Waals surface area contributed by atoms with Crippen LogP contribution in [-0.2, 0) is 9.53 Å². The van der Waals surface area contributed by atoms with E-state index < -0.39 is 18.1 Å². The number of carbonyl (C=O) groups excluding carboxylic acids is 1. The molecule has 1 amide bonds. The Kier molecular flexibility index (Phi) is 6.13. The van der Waals surface area contributed by atoms with E-state index in [0.29, 0.717) is 0 Å². The van der Waals surface area contributed by atoms with Crippen molar-refractivity contribution in [2.24, 2.45) is 0 Å². The molecule has 31 heavy (non-hydrogen) atoms. The average molecular weight is 413 g/mol. The Hall–Kier alpha value is -3.86. The Morgan fingerprint density at radius 3 is 2.10 bits per heavy atom. The third-order valence-corrected chi connectivity index (χ3v) is 5.42. The molecular weight excluding hydrogens is 390 g/mol. The normalized spacial score (nSPS) is 13.4.